The van der Waals surface area contributed by atoms with Gasteiger partial charge in [0.05, 0.1) is 17.6 Å². The van der Waals surface area contributed by atoms with E-state index in [0.29, 0.717) is 35.1 Å². The van der Waals surface area contributed by atoms with Gasteiger partial charge in [0.15, 0.2) is 0 Å². The van der Waals surface area contributed by atoms with E-state index in [0.717, 1.165) is 22.4 Å². The summed E-state index contributed by atoms with van der Waals surface area (Å²) >= 11 is 12.4. The zero-order valence-corrected chi connectivity index (χ0v) is 17.0. The van der Waals surface area contributed by atoms with Gasteiger partial charge in [0.1, 0.15) is 5.82 Å². The highest BCUT2D eigenvalue weighted by molar-refractivity contribution is 6.35. The lowest BCUT2D eigenvalue weighted by atomic mass is 10.2. The molecule has 0 bridgehead atoms. The van der Waals surface area contributed by atoms with Gasteiger partial charge in [-0.3, -0.25) is 9.78 Å². The van der Waals surface area contributed by atoms with Gasteiger partial charge in [-0.05, 0) is 42.0 Å². The molecule has 2 aromatic heterocycles. The number of benzene rings is 2. The van der Waals surface area contributed by atoms with Crippen molar-refractivity contribution in [2.75, 3.05) is 6.54 Å². The maximum atomic E-state index is 12.3. The number of carbonyl (C=O) groups excluding carboxylic acids is 1. The first-order chi connectivity index (χ1) is 14.1. The van der Waals surface area contributed by atoms with Crippen molar-refractivity contribution in [2.24, 2.45) is 0 Å². The third-order valence-corrected chi connectivity index (χ3v) is 5.24. The second kappa shape index (κ2) is 8.64. The Morgan fingerprint density at radius 3 is 2.62 bits per heavy atom. The van der Waals surface area contributed by atoms with Gasteiger partial charge in [0.25, 0.3) is 5.91 Å². The van der Waals surface area contributed by atoms with Crippen molar-refractivity contribution >= 4 is 40.1 Å². The van der Waals surface area contributed by atoms with Crippen LogP contribution < -0.4 is 5.32 Å². The fraction of sp³-hybridized carbons (Fsp3) is 0.136. The molecular formula is C22H18Cl2N4O. The van der Waals surface area contributed by atoms with E-state index in [1.165, 1.54) is 0 Å². The van der Waals surface area contributed by atoms with Gasteiger partial charge in [0.2, 0.25) is 0 Å². The minimum Gasteiger partial charge on any atom is -0.352 e. The van der Waals surface area contributed by atoms with E-state index >= 15 is 0 Å². The molecule has 0 saturated heterocycles. The topological polar surface area (TPSA) is 59.8 Å². The zero-order valence-electron chi connectivity index (χ0n) is 15.5. The number of halogens is 2. The third kappa shape index (κ3) is 4.42. The molecule has 0 saturated carbocycles. The Morgan fingerprint density at radius 2 is 1.83 bits per heavy atom. The summed E-state index contributed by atoms with van der Waals surface area (Å²) in [7, 11) is 0. The molecule has 0 radical (unpaired) electrons. The summed E-state index contributed by atoms with van der Waals surface area (Å²) in [5, 5.41) is 4.16. The monoisotopic (exact) mass is 424 g/mol. The maximum absolute atomic E-state index is 12.3. The van der Waals surface area contributed by atoms with Crippen molar-refractivity contribution in [3.05, 3.63) is 94.0 Å². The number of nitrogens with zero attached hydrogens (tertiary/aromatic N) is 3. The van der Waals surface area contributed by atoms with E-state index < -0.39 is 0 Å². The Labute approximate surface area is 178 Å². The zero-order chi connectivity index (χ0) is 20.2. The number of imidazole rings is 1. The molecule has 4 aromatic rings. The Morgan fingerprint density at radius 1 is 1.03 bits per heavy atom. The van der Waals surface area contributed by atoms with Crippen LogP contribution in [-0.4, -0.2) is 27.0 Å². The van der Waals surface area contributed by atoms with Crippen LogP contribution in [0.5, 0.6) is 0 Å². The van der Waals surface area contributed by atoms with Crippen LogP contribution in [0, 0.1) is 0 Å². The number of fused-ring (bicyclic) bond motifs is 1. The average Bonchev–Trinajstić information content (AvgIpc) is 3.08. The van der Waals surface area contributed by atoms with Crippen LogP contribution in [0.1, 0.15) is 21.7 Å². The SMILES string of the molecule is O=C(NCCc1nc2ccccc2n1Cc1ccc(Cl)cc1Cl)c1ccncc1. The number of pyridine rings is 1. The van der Waals surface area contributed by atoms with Crippen LogP contribution in [-0.2, 0) is 13.0 Å². The molecule has 146 valence electrons. The van der Waals surface area contributed by atoms with Crippen molar-refractivity contribution in [2.45, 2.75) is 13.0 Å². The lowest BCUT2D eigenvalue weighted by Gasteiger charge is -2.12. The highest BCUT2D eigenvalue weighted by Crippen LogP contribution is 2.24. The second-order valence-corrected chi connectivity index (χ2v) is 7.42. The second-order valence-electron chi connectivity index (χ2n) is 6.58. The van der Waals surface area contributed by atoms with E-state index in [1.54, 1.807) is 30.6 Å². The number of amides is 1. The van der Waals surface area contributed by atoms with E-state index in [9.17, 15) is 4.79 Å². The molecule has 2 aromatic carbocycles. The molecule has 0 atom stereocenters. The molecule has 0 unspecified atom stereocenters. The number of aromatic nitrogens is 3. The van der Waals surface area contributed by atoms with E-state index in [-0.39, 0.29) is 5.91 Å². The van der Waals surface area contributed by atoms with Gasteiger partial charge in [-0.1, -0.05) is 41.4 Å². The van der Waals surface area contributed by atoms with Gasteiger partial charge in [-0.2, -0.15) is 0 Å². The van der Waals surface area contributed by atoms with E-state index in [4.69, 9.17) is 28.2 Å². The molecule has 1 amide bonds. The van der Waals surface area contributed by atoms with Gasteiger partial charge in [0, 0.05) is 41.0 Å². The average molecular weight is 425 g/mol. The highest BCUT2D eigenvalue weighted by atomic mass is 35.5. The molecule has 2 heterocycles. The number of hydrogen-bond donors (Lipinski definition) is 1. The van der Waals surface area contributed by atoms with Crippen LogP contribution in [0.15, 0.2) is 67.0 Å². The van der Waals surface area contributed by atoms with Crippen LogP contribution in [0.4, 0.5) is 0 Å². The Balaban J connectivity index is 1.56. The van der Waals surface area contributed by atoms with Crippen LogP contribution in [0.25, 0.3) is 11.0 Å². The molecule has 0 aliphatic heterocycles. The molecule has 29 heavy (non-hydrogen) atoms. The predicted octanol–water partition coefficient (Wildman–Crippen LogP) is 4.76. The minimum atomic E-state index is -0.129. The summed E-state index contributed by atoms with van der Waals surface area (Å²) in [6.45, 7) is 1.04. The quantitative estimate of drug-likeness (QED) is 0.485. The summed E-state index contributed by atoms with van der Waals surface area (Å²) in [4.78, 5) is 21.0. The lowest BCUT2D eigenvalue weighted by molar-refractivity contribution is 0.0954. The molecule has 0 aliphatic carbocycles. The summed E-state index contributed by atoms with van der Waals surface area (Å²) in [6, 6.07) is 16.8. The van der Waals surface area contributed by atoms with Crippen molar-refractivity contribution in [1.82, 2.24) is 19.9 Å². The standard InChI is InChI=1S/C22H18Cl2N4O/c23-17-6-5-16(18(24)13-17)14-28-20-4-2-1-3-19(20)27-21(28)9-12-26-22(29)15-7-10-25-11-8-15/h1-8,10-11,13H,9,12,14H2,(H,26,29). The van der Waals surface area contributed by atoms with E-state index in [2.05, 4.69) is 14.9 Å². The van der Waals surface area contributed by atoms with Gasteiger partial charge in [-0.25, -0.2) is 4.98 Å². The van der Waals surface area contributed by atoms with Crippen molar-refractivity contribution in [1.29, 1.82) is 0 Å². The number of nitrogens with one attached hydrogen (secondary N) is 1. The Hall–Kier alpha value is -2.89. The minimum absolute atomic E-state index is 0.129. The van der Waals surface area contributed by atoms with Crippen LogP contribution in [0.2, 0.25) is 10.0 Å². The van der Waals surface area contributed by atoms with Crippen molar-refractivity contribution in [3.8, 4) is 0 Å². The largest absolute Gasteiger partial charge is 0.352 e. The Bertz CT molecular complexity index is 1160. The maximum Gasteiger partial charge on any atom is 0.251 e. The Kier molecular flexibility index (Phi) is 5.79. The van der Waals surface area contributed by atoms with Crippen LogP contribution in [0.3, 0.4) is 0 Å². The molecule has 0 spiro atoms. The number of para-hydroxylation sites is 2. The van der Waals surface area contributed by atoms with Gasteiger partial charge >= 0.3 is 0 Å². The molecular weight excluding hydrogens is 407 g/mol. The normalized spacial score (nSPS) is 11.0. The summed E-state index contributed by atoms with van der Waals surface area (Å²) in [5.41, 5.74) is 3.48. The van der Waals surface area contributed by atoms with Gasteiger partial charge in [-0.15, -0.1) is 0 Å². The number of hydrogen-bond acceptors (Lipinski definition) is 3. The van der Waals surface area contributed by atoms with Crippen molar-refractivity contribution in [3.63, 3.8) is 0 Å². The fourth-order valence-corrected chi connectivity index (χ4v) is 3.67. The molecule has 5 nitrogen and oxygen atoms in total. The number of rotatable bonds is 6. The number of carbonyl (C=O) groups is 1. The molecule has 4 rings (SSSR count). The first-order valence-electron chi connectivity index (χ1n) is 9.18. The first-order valence-corrected chi connectivity index (χ1v) is 9.94. The molecule has 1 N–H and O–H groups in total. The molecule has 0 aliphatic rings. The van der Waals surface area contributed by atoms with Gasteiger partial charge < -0.3 is 9.88 Å². The molecule has 0 fully saturated rings. The molecule has 7 heteroatoms. The fourth-order valence-electron chi connectivity index (χ4n) is 3.21. The first kappa shape index (κ1) is 19.4. The highest BCUT2D eigenvalue weighted by Gasteiger charge is 2.13. The van der Waals surface area contributed by atoms with Crippen molar-refractivity contribution < 1.29 is 4.79 Å². The van der Waals surface area contributed by atoms with Crippen LogP contribution >= 0.6 is 23.2 Å². The summed E-state index contributed by atoms with van der Waals surface area (Å²) < 4.78 is 2.13. The predicted molar refractivity (Wildman–Crippen MR) is 116 cm³/mol. The summed E-state index contributed by atoms with van der Waals surface area (Å²) in [5.74, 6) is 0.753. The van der Waals surface area contributed by atoms with E-state index in [1.807, 2.05) is 36.4 Å². The summed E-state index contributed by atoms with van der Waals surface area (Å²) in [6.07, 6.45) is 3.80. The third-order valence-electron chi connectivity index (χ3n) is 4.65. The smallest absolute Gasteiger partial charge is 0.251 e. The lowest BCUT2D eigenvalue weighted by Crippen LogP contribution is -2.26.